The van der Waals surface area contributed by atoms with E-state index in [0.29, 0.717) is 5.65 Å². The van der Waals surface area contributed by atoms with Crippen LogP contribution in [0.4, 0.5) is 11.4 Å². The quantitative estimate of drug-likeness (QED) is 0.338. The number of hydrogen-bond donors (Lipinski definition) is 1. The third-order valence-electron chi connectivity index (χ3n) is 4.94. The van der Waals surface area contributed by atoms with E-state index in [9.17, 15) is 14.9 Å². The number of ether oxygens (including phenoxy) is 1. The van der Waals surface area contributed by atoms with Crippen molar-refractivity contribution in [3.8, 4) is 16.9 Å². The third-order valence-corrected chi connectivity index (χ3v) is 5.27. The molecule has 0 fully saturated rings. The maximum Gasteiger partial charge on any atom is 0.271 e. The second-order valence-electron chi connectivity index (χ2n) is 7.00. The number of anilines is 1. The number of nitrogens with zero attached hydrogens (tertiary/aromatic N) is 4. The van der Waals surface area contributed by atoms with Gasteiger partial charge >= 0.3 is 0 Å². The smallest absolute Gasteiger partial charge is 0.271 e. The lowest BCUT2D eigenvalue weighted by Gasteiger charge is -2.08. The molecular weight excluding hydrogens is 434 g/mol. The number of nitrogens with one attached hydrogen (secondary N) is 1. The van der Waals surface area contributed by atoms with Crippen molar-refractivity contribution >= 4 is 39.9 Å². The molecule has 0 bridgehead atoms. The SMILES string of the molecule is COc1ccc(-c2ccnc3c2c(C)nn3CC(=O)Nc2cc([N+](=O)[O-])ccc2Cl)cc1. The van der Waals surface area contributed by atoms with Gasteiger partial charge in [-0.15, -0.1) is 0 Å². The van der Waals surface area contributed by atoms with Gasteiger partial charge in [0.2, 0.25) is 5.91 Å². The van der Waals surface area contributed by atoms with Crippen LogP contribution >= 0.6 is 11.6 Å². The highest BCUT2D eigenvalue weighted by Crippen LogP contribution is 2.31. The van der Waals surface area contributed by atoms with Crippen molar-refractivity contribution in [2.45, 2.75) is 13.5 Å². The number of non-ortho nitro benzene ring substituents is 1. The molecule has 4 rings (SSSR count). The summed E-state index contributed by atoms with van der Waals surface area (Å²) in [5.74, 6) is 0.316. The summed E-state index contributed by atoms with van der Waals surface area (Å²) in [6.45, 7) is 1.71. The second kappa shape index (κ2) is 8.64. The summed E-state index contributed by atoms with van der Waals surface area (Å²) in [6.07, 6.45) is 1.66. The van der Waals surface area contributed by atoms with Crippen LogP contribution in [0.2, 0.25) is 5.02 Å². The van der Waals surface area contributed by atoms with Crippen LogP contribution in [0.15, 0.2) is 54.7 Å². The molecule has 162 valence electrons. The van der Waals surface area contributed by atoms with Crippen LogP contribution in [-0.2, 0) is 11.3 Å². The van der Waals surface area contributed by atoms with E-state index in [4.69, 9.17) is 16.3 Å². The number of hydrogen-bond acceptors (Lipinski definition) is 6. The predicted octanol–water partition coefficient (Wildman–Crippen LogP) is 4.62. The molecule has 0 atom stereocenters. The Labute approximate surface area is 187 Å². The van der Waals surface area contributed by atoms with Gasteiger partial charge in [-0.1, -0.05) is 23.7 Å². The minimum absolute atomic E-state index is 0.136. The van der Waals surface area contributed by atoms with Crippen LogP contribution < -0.4 is 10.1 Å². The number of pyridine rings is 1. The molecule has 0 aliphatic carbocycles. The highest BCUT2D eigenvalue weighted by Gasteiger charge is 2.17. The van der Waals surface area contributed by atoms with Gasteiger partial charge in [0.1, 0.15) is 12.3 Å². The molecule has 0 spiro atoms. The fourth-order valence-electron chi connectivity index (χ4n) is 3.45. The van der Waals surface area contributed by atoms with Gasteiger partial charge in [0.15, 0.2) is 5.65 Å². The Hall–Kier alpha value is -3.98. The van der Waals surface area contributed by atoms with Gasteiger partial charge in [0.25, 0.3) is 5.69 Å². The van der Waals surface area contributed by atoms with Crippen LogP contribution in [0.3, 0.4) is 0 Å². The van der Waals surface area contributed by atoms with Crippen molar-refractivity contribution in [3.05, 3.63) is 75.6 Å². The number of nitro groups is 1. The molecule has 0 aliphatic heterocycles. The number of nitro benzene ring substituents is 1. The van der Waals surface area contributed by atoms with Crippen LogP contribution in [0, 0.1) is 17.0 Å². The van der Waals surface area contributed by atoms with Crippen molar-refractivity contribution in [2.24, 2.45) is 0 Å². The molecule has 0 saturated carbocycles. The average Bonchev–Trinajstić information content (AvgIpc) is 3.10. The minimum atomic E-state index is -0.555. The monoisotopic (exact) mass is 451 g/mol. The number of methoxy groups -OCH3 is 1. The van der Waals surface area contributed by atoms with Crippen molar-refractivity contribution in [3.63, 3.8) is 0 Å². The van der Waals surface area contributed by atoms with Gasteiger partial charge < -0.3 is 10.1 Å². The molecule has 0 radical (unpaired) electrons. The van der Waals surface area contributed by atoms with Crippen molar-refractivity contribution in [1.29, 1.82) is 0 Å². The molecular formula is C22H18ClN5O4. The summed E-state index contributed by atoms with van der Waals surface area (Å²) in [6, 6.07) is 13.4. The summed E-state index contributed by atoms with van der Waals surface area (Å²) in [5, 5.41) is 19.1. The van der Waals surface area contributed by atoms with Crippen molar-refractivity contribution in [1.82, 2.24) is 14.8 Å². The Kier molecular flexibility index (Phi) is 5.74. The number of aryl methyl sites for hydroxylation is 1. The largest absolute Gasteiger partial charge is 0.497 e. The lowest BCUT2D eigenvalue weighted by Crippen LogP contribution is -2.20. The number of benzene rings is 2. The Balaban J connectivity index is 1.64. The Morgan fingerprint density at radius 2 is 1.97 bits per heavy atom. The summed E-state index contributed by atoms with van der Waals surface area (Å²) < 4.78 is 6.72. The topological polar surface area (TPSA) is 112 Å². The number of halogens is 1. The highest BCUT2D eigenvalue weighted by atomic mass is 35.5. The molecule has 10 heteroatoms. The number of carbonyl (C=O) groups is 1. The van der Waals surface area contributed by atoms with E-state index < -0.39 is 10.8 Å². The zero-order chi connectivity index (χ0) is 22.8. The number of amides is 1. The van der Waals surface area contributed by atoms with E-state index in [-0.39, 0.29) is 22.9 Å². The first-order chi connectivity index (χ1) is 15.4. The summed E-state index contributed by atoms with van der Waals surface area (Å²) in [7, 11) is 1.61. The van der Waals surface area contributed by atoms with Crippen LogP contribution in [0.25, 0.3) is 22.2 Å². The molecule has 0 aliphatic rings. The van der Waals surface area contributed by atoms with E-state index in [1.807, 2.05) is 37.3 Å². The second-order valence-corrected chi connectivity index (χ2v) is 7.41. The Morgan fingerprint density at radius 1 is 1.22 bits per heavy atom. The minimum Gasteiger partial charge on any atom is -0.497 e. The van der Waals surface area contributed by atoms with E-state index >= 15 is 0 Å². The van der Waals surface area contributed by atoms with Crippen LogP contribution in [0.1, 0.15) is 5.69 Å². The molecule has 2 aromatic carbocycles. The number of fused-ring (bicyclic) bond motifs is 1. The molecule has 0 unspecified atom stereocenters. The molecule has 1 N–H and O–H groups in total. The molecule has 1 amide bonds. The van der Waals surface area contributed by atoms with Crippen molar-refractivity contribution in [2.75, 3.05) is 12.4 Å². The average molecular weight is 452 g/mol. The third kappa shape index (κ3) is 4.10. The normalized spacial score (nSPS) is 10.8. The molecule has 32 heavy (non-hydrogen) atoms. The Morgan fingerprint density at radius 3 is 2.66 bits per heavy atom. The van der Waals surface area contributed by atoms with Gasteiger partial charge in [-0.2, -0.15) is 5.10 Å². The molecule has 2 heterocycles. The van der Waals surface area contributed by atoms with Gasteiger partial charge in [0, 0.05) is 23.7 Å². The van der Waals surface area contributed by atoms with Crippen LogP contribution in [-0.4, -0.2) is 32.7 Å². The van der Waals surface area contributed by atoms with Gasteiger partial charge in [-0.3, -0.25) is 14.9 Å². The lowest BCUT2D eigenvalue weighted by molar-refractivity contribution is -0.384. The number of aromatic nitrogens is 3. The maximum atomic E-state index is 12.7. The first-order valence-corrected chi connectivity index (χ1v) is 9.95. The summed E-state index contributed by atoms with van der Waals surface area (Å²) >= 11 is 6.08. The van der Waals surface area contributed by atoms with Crippen molar-refractivity contribution < 1.29 is 14.5 Å². The lowest BCUT2D eigenvalue weighted by atomic mass is 10.0. The number of rotatable bonds is 6. The summed E-state index contributed by atoms with van der Waals surface area (Å²) in [4.78, 5) is 27.5. The van der Waals surface area contributed by atoms with E-state index in [1.54, 1.807) is 13.3 Å². The van der Waals surface area contributed by atoms with Gasteiger partial charge in [0.05, 0.1) is 28.4 Å². The fraction of sp³-hybridized carbons (Fsp3) is 0.136. The predicted molar refractivity (Wildman–Crippen MR) is 121 cm³/mol. The van der Waals surface area contributed by atoms with E-state index in [0.717, 1.165) is 28.0 Å². The summed E-state index contributed by atoms with van der Waals surface area (Å²) in [5.41, 5.74) is 3.16. The van der Waals surface area contributed by atoms with Gasteiger partial charge in [-0.25, -0.2) is 9.67 Å². The first kappa shape index (κ1) is 21.3. The zero-order valence-corrected chi connectivity index (χ0v) is 18.0. The Bertz CT molecular complexity index is 1330. The molecule has 2 aromatic heterocycles. The zero-order valence-electron chi connectivity index (χ0n) is 17.2. The number of carbonyl (C=O) groups excluding carboxylic acids is 1. The fourth-order valence-corrected chi connectivity index (χ4v) is 3.62. The van der Waals surface area contributed by atoms with E-state index in [2.05, 4.69) is 15.4 Å². The molecule has 4 aromatic rings. The first-order valence-electron chi connectivity index (χ1n) is 9.57. The standard InChI is InChI=1S/C22H18ClN5O4/c1-13-21-17(14-3-6-16(32-2)7-4-14)9-10-24-22(21)27(26-13)12-20(29)25-19-11-15(28(30)31)5-8-18(19)23/h3-11H,12H2,1-2H3,(H,25,29). The highest BCUT2D eigenvalue weighted by molar-refractivity contribution is 6.33. The molecule has 0 saturated heterocycles. The maximum absolute atomic E-state index is 12.7. The van der Waals surface area contributed by atoms with Gasteiger partial charge in [-0.05, 0) is 42.3 Å². The molecule has 9 nitrogen and oxygen atoms in total. The van der Waals surface area contributed by atoms with E-state index in [1.165, 1.54) is 22.9 Å². The van der Waals surface area contributed by atoms with Crippen LogP contribution in [0.5, 0.6) is 5.75 Å².